The SMILES string of the molecule is CC(C)(N)c1ccc(-c2nc3c(cc2-c2cccs2)C(C=O)NC=C3)cc1. The van der Waals surface area contributed by atoms with E-state index in [0.29, 0.717) is 0 Å². The van der Waals surface area contributed by atoms with Crippen LogP contribution in [0.15, 0.2) is 54.0 Å². The summed E-state index contributed by atoms with van der Waals surface area (Å²) in [5.74, 6) is 0. The third-order valence-corrected chi connectivity index (χ3v) is 5.66. The number of aldehydes is 1. The van der Waals surface area contributed by atoms with E-state index < -0.39 is 0 Å². The molecular weight excluding hydrogens is 354 g/mol. The summed E-state index contributed by atoms with van der Waals surface area (Å²) in [6.07, 6.45) is 4.61. The molecule has 1 aliphatic heterocycles. The van der Waals surface area contributed by atoms with Crippen molar-refractivity contribution in [2.24, 2.45) is 5.73 Å². The average molecular weight is 375 g/mol. The standard InChI is InChI=1S/C22H21N3OS/c1-22(2,23)15-7-5-14(6-8-15)21-17(20-4-3-11-27-20)12-16-18(25-21)9-10-24-19(16)13-26/h3-13,19,24H,23H2,1-2H3. The van der Waals surface area contributed by atoms with Crippen LogP contribution in [0.1, 0.15) is 36.7 Å². The van der Waals surface area contributed by atoms with Gasteiger partial charge in [-0.15, -0.1) is 11.3 Å². The Balaban J connectivity index is 1.89. The summed E-state index contributed by atoms with van der Waals surface area (Å²) in [6, 6.07) is 14.1. The third-order valence-electron chi connectivity index (χ3n) is 4.76. The number of pyridine rings is 1. The number of fused-ring (bicyclic) bond motifs is 1. The van der Waals surface area contributed by atoms with E-state index in [9.17, 15) is 4.79 Å². The van der Waals surface area contributed by atoms with E-state index >= 15 is 0 Å². The number of carbonyl (C=O) groups excluding carboxylic acids is 1. The maximum atomic E-state index is 11.5. The highest BCUT2D eigenvalue weighted by Gasteiger charge is 2.22. The fourth-order valence-electron chi connectivity index (χ4n) is 3.26. The van der Waals surface area contributed by atoms with Gasteiger partial charge in [-0.05, 0) is 49.2 Å². The first-order valence-corrected chi connectivity index (χ1v) is 9.72. The van der Waals surface area contributed by atoms with Crippen LogP contribution in [0.4, 0.5) is 0 Å². The van der Waals surface area contributed by atoms with Crippen LogP contribution >= 0.6 is 11.3 Å². The van der Waals surface area contributed by atoms with Crippen molar-refractivity contribution in [2.45, 2.75) is 25.4 Å². The van der Waals surface area contributed by atoms with Crippen LogP contribution in [-0.4, -0.2) is 11.3 Å². The van der Waals surface area contributed by atoms with Crippen LogP contribution in [0.3, 0.4) is 0 Å². The maximum Gasteiger partial charge on any atom is 0.146 e. The van der Waals surface area contributed by atoms with Crippen molar-refractivity contribution in [3.8, 4) is 21.7 Å². The fourth-order valence-corrected chi connectivity index (χ4v) is 4.00. The number of hydrogen-bond acceptors (Lipinski definition) is 5. The summed E-state index contributed by atoms with van der Waals surface area (Å²) in [4.78, 5) is 17.5. The van der Waals surface area contributed by atoms with Crippen LogP contribution < -0.4 is 11.1 Å². The number of hydrogen-bond donors (Lipinski definition) is 2. The van der Waals surface area contributed by atoms with Gasteiger partial charge in [-0.1, -0.05) is 30.3 Å². The molecule has 0 fully saturated rings. The minimum absolute atomic E-state index is 0.370. The molecule has 1 atom stereocenters. The monoisotopic (exact) mass is 375 g/mol. The van der Waals surface area contributed by atoms with Crippen LogP contribution in [0.5, 0.6) is 0 Å². The lowest BCUT2D eigenvalue weighted by atomic mass is 9.92. The zero-order valence-electron chi connectivity index (χ0n) is 15.3. The predicted molar refractivity (Wildman–Crippen MR) is 111 cm³/mol. The number of nitrogens with one attached hydrogen (secondary N) is 1. The molecule has 3 aromatic rings. The van der Waals surface area contributed by atoms with E-state index in [4.69, 9.17) is 10.7 Å². The molecule has 5 heteroatoms. The van der Waals surface area contributed by atoms with Crippen LogP contribution in [0.2, 0.25) is 0 Å². The molecule has 0 saturated carbocycles. The summed E-state index contributed by atoms with van der Waals surface area (Å²) >= 11 is 1.67. The van der Waals surface area contributed by atoms with Crippen molar-refractivity contribution < 1.29 is 4.79 Å². The molecule has 4 rings (SSSR count). The second kappa shape index (κ2) is 6.76. The second-order valence-electron chi connectivity index (χ2n) is 7.25. The highest BCUT2D eigenvalue weighted by molar-refractivity contribution is 7.13. The Hall–Kier alpha value is -2.76. The number of carbonyl (C=O) groups is 1. The highest BCUT2D eigenvalue weighted by atomic mass is 32.1. The largest absolute Gasteiger partial charge is 0.378 e. The van der Waals surface area contributed by atoms with E-state index in [0.717, 1.165) is 44.8 Å². The minimum atomic E-state index is -0.385. The van der Waals surface area contributed by atoms with Gasteiger partial charge in [-0.25, -0.2) is 4.98 Å². The van der Waals surface area contributed by atoms with Crippen LogP contribution in [0, 0.1) is 0 Å². The molecule has 0 spiro atoms. The Labute approximate surface area is 162 Å². The Morgan fingerprint density at radius 2 is 2.00 bits per heavy atom. The molecular formula is C22H21N3OS. The Bertz CT molecular complexity index is 999. The number of rotatable bonds is 4. The van der Waals surface area contributed by atoms with Gasteiger partial charge in [0.25, 0.3) is 0 Å². The van der Waals surface area contributed by atoms with E-state index in [1.807, 2.05) is 31.4 Å². The minimum Gasteiger partial charge on any atom is -0.378 e. The lowest BCUT2D eigenvalue weighted by Gasteiger charge is -2.22. The van der Waals surface area contributed by atoms with Crippen molar-refractivity contribution in [1.82, 2.24) is 10.3 Å². The quantitative estimate of drug-likeness (QED) is 0.660. The number of thiophene rings is 1. The molecule has 1 unspecified atom stereocenters. The van der Waals surface area contributed by atoms with Gasteiger partial charge in [0.2, 0.25) is 0 Å². The molecule has 0 aliphatic carbocycles. The molecule has 1 aromatic carbocycles. The van der Waals surface area contributed by atoms with E-state index in [1.54, 1.807) is 17.5 Å². The molecule has 4 nitrogen and oxygen atoms in total. The third kappa shape index (κ3) is 3.31. The van der Waals surface area contributed by atoms with Crippen LogP contribution in [0.25, 0.3) is 27.8 Å². The number of nitrogens with two attached hydrogens (primary N) is 1. The second-order valence-corrected chi connectivity index (χ2v) is 8.20. The molecule has 0 amide bonds. The van der Waals surface area contributed by atoms with Crippen molar-refractivity contribution in [2.75, 3.05) is 0 Å². The normalized spacial score (nSPS) is 15.9. The molecule has 3 heterocycles. The summed E-state index contributed by atoms with van der Waals surface area (Å²) in [7, 11) is 0. The van der Waals surface area contributed by atoms with Crippen LogP contribution in [-0.2, 0) is 10.3 Å². The molecule has 0 saturated heterocycles. The number of benzene rings is 1. The first-order valence-electron chi connectivity index (χ1n) is 8.84. The summed E-state index contributed by atoms with van der Waals surface area (Å²) in [5.41, 5.74) is 11.6. The summed E-state index contributed by atoms with van der Waals surface area (Å²) in [5, 5.41) is 5.13. The first kappa shape index (κ1) is 17.6. The maximum absolute atomic E-state index is 11.5. The Morgan fingerprint density at radius 1 is 1.22 bits per heavy atom. The van der Waals surface area contributed by atoms with Crippen molar-refractivity contribution in [3.05, 3.63) is 70.9 Å². The first-order chi connectivity index (χ1) is 13.0. The number of aromatic nitrogens is 1. The zero-order chi connectivity index (χ0) is 19.0. The van der Waals surface area contributed by atoms with E-state index in [1.165, 1.54) is 0 Å². The lowest BCUT2D eigenvalue weighted by molar-refractivity contribution is -0.109. The summed E-state index contributed by atoms with van der Waals surface area (Å²) in [6.45, 7) is 3.99. The van der Waals surface area contributed by atoms with Crippen molar-refractivity contribution >= 4 is 23.7 Å². The highest BCUT2D eigenvalue weighted by Crippen LogP contribution is 2.37. The Morgan fingerprint density at radius 3 is 2.63 bits per heavy atom. The molecule has 2 aromatic heterocycles. The predicted octanol–water partition coefficient (Wildman–Crippen LogP) is 4.48. The van der Waals surface area contributed by atoms with Gasteiger partial charge >= 0.3 is 0 Å². The van der Waals surface area contributed by atoms with Gasteiger partial charge in [0.05, 0.1) is 11.4 Å². The molecule has 0 bridgehead atoms. The molecule has 3 N–H and O–H groups in total. The van der Waals surface area contributed by atoms with Gasteiger partial charge in [-0.2, -0.15) is 0 Å². The Kier molecular flexibility index (Phi) is 4.42. The van der Waals surface area contributed by atoms with Gasteiger partial charge in [0.1, 0.15) is 12.3 Å². The van der Waals surface area contributed by atoms with Gasteiger partial charge in [-0.3, -0.25) is 0 Å². The molecule has 1 aliphatic rings. The van der Waals surface area contributed by atoms with Gasteiger partial charge in [0.15, 0.2) is 0 Å². The molecule has 136 valence electrons. The topological polar surface area (TPSA) is 68.0 Å². The van der Waals surface area contributed by atoms with Crippen molar-refractivity contribution in [3.63, 3.8) is 0 Å². The van der Waals surface area contributed by atoms with Gasteiger partial charge in [0, 0.05) is 27.1 Å². The lowest BCUT2D eigenvalue weighted by Crippen LogP contribution is -2.28. The van der Waals surface area contributed by atoms with E-state index in [2.05, 4.69) is 41.7 Å². The summed E-state index contributed by atoms with van der Waals surface area (Å²) < 4.78 is 0. The average Bonchev–Trinajstić information content (AvgIpc) is 3.20. The smallest absolute Gasteiger partial charge is 0.146 e. The van der Waals surface area contributed by atoms with Gasteiger partial charge < -0.3 is 15.8 Å². The molecule has 27 heavy (non-hydrogen) atoms. The van der Waals surface area contributed by atoms with E-state index in [-0.39, 0.29) is 11.6 Å². The number of nitrogens with zero attached hydrogens (tertiary/aromatic N) is 1. The zero-order valence-corrected chi connectivity index (χ0v) is 16.1. The molecule has 0 radical (unpaired) electrons. The van der Waals surface area contributed by atoms with Crippen molar-refractivity contribution in [1.29, 1.82) is 0 Å². The fraction of sp³-hybridized carbons (Fsp3) is 0.182.